The molecule has 9 heteroatoms. The van der Waals surface area contributed by atoms with E-state index in [1.165, 1.54) is 7.11 Å². The lowest BCUT2D eigenvalue weighted by atomic mass is 10.0. The van der Waals surface area contributed by atoms with E-state index in [0.29, 0.717) is 5.56 Å². The summed E-state index contributed by atoms with van der Waals surface area (Å²) in [5.41, 5.74) is 7.81. The Balaban J connectivity index is 1.76. The van der Waals surface area contributed by atoms with Crippen LogP contribution in [0.3, 0.4) is 0 Å². The van der Waals surface area contributed by atoms with Gasteiger partial charge in [0.2, 0.25) is 5.91 Å². The van der Waals surface area contributed by atoms with Gasteiger partial charge in [-0.25, -0.2) is 9.59 Å². The molecular formula is C22H23BrN4O4. The third-order valence-corrected chi connectivity index (χ3v) is 5.37. The van der Waals surface area contributed by atoms with E-state index in [4.69, 9.17) is 10.5 Å². The van der Waals surface area contributed by atoms with Crippen LogP contribution in [0.2, 0.25) is 0 Å². The van der Waals surface area contributed by atoms with Gasteiger partial charge in [-0.05, 0) is 29.3 Å². The quantitative estimate of drug-likeness (QED) is 0.365. The number of halogens is 1. The van der Waals surface area contributed by atoms with Gasteiger partial charge in [-0.1, -0.05) is 46.3 Å². The van der Waals surface area contributed by atoms with E-state index >= 15 is 0 Å². The van der Waals surface area contributed by atoms with Crippen molar-refractivity contribution in [2.75, 3.05) is 7.11 Å². The summed E-state index contributed by atoms with van der Waals surface area (Å²) in [6, 6.07) is 12.6. The summed E-state index contributed by atoms with van der Waals surface area (Å²) >= 11 is 3.38. The van der Waals surface area contributed by atoms with E-state index < -0.39 is 30.0 Å². The van der Waals surface area contributed by atoms with Crippen LogP contribution < -0.4 is 16.4 Å². The maximum Gasteiger partial charge on any atom is 0.328 e. The zero-order valence-electron chi connectivity index (χ0n) is 16.9. The molecule has 2 atom stereocenters. The number of para-hydroxylation sites is 1. The van der Waals surface area contributed by atoms with Gasteiger partial charge in [0.1, 0.15) is 6.04 Å². The largest absolute Gasteiger partial charge is 0.467 e. The molecule has 0 spiro atoms. The molecule has 0 saturated heterocycles. The Morgan fingerprint density at radius 1 is 1.13 bits per heavy atom. The highest BCUT2D eigenvalue weighted by Crippen LogP contribution is 2.22. The molecule has 0 bridgehead atoms. The molecule has 5 N–H and O–H groups in total. The van der Waals surface area contributed by atoms with Crippen molar-refractivity contribution < 1.29 is 19.1 Å². The first-order chi connectivity index (χ1) is 14.9. The van der Waals surface area contributed by atoms with Crippen molar-refractivity contribution in [2.24, 2.45) is 5.73 Å². The zero-order valence-corrected chi connectivity index (χ0v) is 18.4. The molecule has 1 aromatic heterocycles. The number of carbonyl (C=O) groups is 3. The van der Waals surface area contributed by atoms with Crippen LogP contribution in [-0.4, -0.2) is 36.0 Å². The fraction of sp³-hybridized carbons (Fsp3) is 0.227. The lowest BCUT2D eigenvalue weighted by Crippen LogP contribution is -2.44. The number of aromatic amines is 1. The molecule has 0 unspecified atom stereocenters. The first kappa shape index (κ1) is 22.4. The van der Waals surface area contributed by atoms with Crippen molar-refractivity contribution in [1.29, 1.82) is 0 Å². The SMILES string of the molecule is COC(=O)[C@H](Cc1c[nH]c2ccccc12)NC(=O)C[C@@H](NC(N)=O)c1cccc(Br)c1. The van der Waals surface area contributed by atoms with Crippen molar-refractivity contribution in [3.63, 3.8) is 0 Å². The molecule has 3 aromatic rings. The summed E-state index contributed by atoms with van der Waals surface area (Å²) in [5.74, 6) is -0.977. The van der Waals surface area contributed by atoms with Crippen LogP contribution in [0.15, 0.2) is 59.2 Å². The first-order valence-corrected chi connectivity index (χ1v) is 10.4. The number of nitrogens with one attached hydrogen (secondary N) is 3. The number of nitrogens with two attached hydrogens (primary N) is 1. The number of rotatable bonds is 8. The molecular weight excluding hydrogens is 464 g/mol. The Kier molecular flexibility index (Phi) is 7.30. The summed E-state index contributed by atoms with van der Waals surface area (Å²) in [5, 5.41) is 6.27. The Bertz CT molecular complexity index is 1100. The number of primary amides is 1. The molecule has 8 nitrogen and oxygen atoms in total. The summed E-state index contributed by atoms with van der Waals surface area (Å²) in [6.45, 7) is 0. The van der Waals surface area contributed by atoms with Crippen LogP contribution in [0.25, 0.3) is 10.9 Å². The molecule has 0 aliphatic heterocycles. The molecule has 0 fully saturated rings. The maximum absolute atomic E-state index is 12.8. The predicted octanol–water partition coefficient (Wildman–Crippen LogP) is 2.93. The highest BCUT2D eigenvalue weighted by molar-refractivity contribution is 9.10. The fourth-order valence-corrected chi connectivity index (χ4v) is 3.86. The van der Waals surface area contributed by atoms with Gasteiger partial charge in [-0.3, -0.25) is 4.79 Å². The van der Waals surface area contributed by atoms with Crippen molar-refractivity contribution in [3.05, 3.63) is 70.3 Å². The van der Waals surface area contributed by atoms with Crippen LogP contribution in [0.5, 0.6) is 0 Å². The lowest BCUT2D eigenvalue weighted by Gasteiger charge is -2.21. The number of H-pyrrole nitrogens is 1. The van der Waals surface area contributed by atoms with Gasteiger partial charge in [-0.15, -0.1) is 0 Å². The molecule has 3 amide bonds. The molecule has 0 aliphatic rings. The predicted molar refractivity (Wildman–Crippen MR) is 120 cm³/mol. The number of carbonyl (C=O) groups excluding carboxylic acids is 3. The summed E-state index contributed by atoms with van der Waals surface area (Å²) in [4.78, 5) is 39.7. The van der Waals surface area contributed by atoms with E-state index in [1.807, 2.05) is 36.5 Å². The minimum absolute atomic E-state index is 0.0965. The highest BCUT2D eigenvalue weighted by atomic mass is 79.9. The Morgan fingerprint density at radius 2 is 1.90 bits per heavy atom. The van der Waals surface area contributed by atoms with Gasteiger partial charge >= 0.3 is 12.0 Å². The van der Waals surface area contributed by atoms with Crippen molar-refractivity contribution >= 4 is 44.7 Å². The standard InChI is InChI=1S/C22H23BrN4O4/c1-31-21(29)19(10-14-12-25-17-8-3-2-7-16(14)17)26-20(28)11-18(27-22(24)30)13-5-4-6-15(23)9-13/h2-9,12,18-19,25H,10-11H2,1H3,(H,26,28)(H3,24,27,30)/t18-,19+/m1/s1. The van der Waals surface area contributed by atoms with Gasteiger partial charge < -0.3 is 26.1 Å². The topological polar surface area (TPSA) is 126 Å². The Labute approximate surface area is 187 Å². The van der Waals surface area contributed by atoms with Gasteiger partial charge in [0.05, 0.1) is 19.6 Å². The molecule has 0 saturated carbocycles. The monoisotopic (exact) mass is 486 g/mol. The number of aromatic nitrogens is 1. The highest BCUT2D eigenvalue weighted by Gasteiger charge is 2.25. The Morgan fingerprint density at radius 3 is 2.61 bits per heavy atom. The number of amides is 3. The maximum atomic E-state index is 12.8. The normalized spacial score (nSPS) is 12.7. The fourth-order valence-electron chi connectivity index (χ4n) is 3.44. The number of hydrogen-bond donors (Lipinski definition) is 4. The second kappa shape index (κ2) is 10.1. The molecule has 0 radical (unpaired) electrons. The third-order valence-electron chi connectivity index (χ3n) is 4.88. The summed E-state index contributed by atoms with van der Waals surface area (Å²) in [6.07, 6.45) is 1.97. The molecule has 1 heterocycles. The second-order valence-electron chi connectivity index (χ2n) is 7.03. The number of hydrogen-bond acceptors (Lipinski definition) is 4. The number of ether oxygens (including phenoxy) is 1. The smallest absolute Gasteiger partial charge is 0.328 e. The molecule has 2 aromatic carbocycles. The molecule has 162 valence electrons. The molecule has 0 aliphatic carbocycles. The minimum atomic E-state index is -0.881. The number of esters is 1. The molecule has 31 heavy (non-hydrogen) atoms. The van der Waals surface area contributed by atoms with Crippen molar-refractivity contribution in [2.45, 2.75) is 24.9 Å². The molecule has 3 rings (SSSR count). The van der Waals surface area contributed by atoms with Crippen molar-refractivity contribution in [3.8, 4) is 0 Å². The first-order valence-electron chi connectivity index (χ1n) is 9.61. The lowest BCUT2D eigenvalue weighted by molar-refractivity contribution is -0.145. The summed E-state index contributed by atoms with van der Waals surface area (Å²) < 4.78 is 5.68. The number of methoxy groups -OCH3 is 1. The van der Waals surface area contributed by atoms with Gasteiger partial charge in [0, 0.05) is 28.0 Å². The second-order valence-corrected chi connectivity index (χ2v) is 7.94. The van der Waals surface area contributed by atoms with Crippen LogP contribution in [0.4, 0.5) is 4.79 Å². The summed E-state index contributed by atoms with van der Waals surface area (Å²) in [7, 11) is 1.27. The minimum Gasteiger partial charge on any atom is -0.467 e. The van der Waals surface area contributed by atoms with Crippen molar-refractivity contribution in [1.82, 2.24) is 15.6 Å². The van der Waals surface area contributed by atoms with E-state index in [0.717, 1.165) is 20.9 Å². The van der Waals surface area contributed by atoms with Gasteiger partial charge in [-0.2, -0.15) is 0 Å². The van der Waals surface area contributed by atoms with Crippen LogP contribution in [-0.2, 0) is 20.7 Å². The Hall–Kier alpha value is -3.33. The van der Waals surface area contributed by atoms with Gasteiger partial charge in [0.15, 0.2) is 0 Å². The van der Waals surface area contributed by atoms with E-state index in [1.54, 1.807) is 18.2 Å². The van der Waals surface area contributed by atoms with Crippen LogP contribution in [0, 0.1) is 0 Å². The third kappa shape index (κ3) is 5.85. The average Bonchev–Trinajstić information content (AvgIpc) is 3.15. The van der Waals surface area contributed by atoms with Crippen LogP contribution >= 0.6 is 15.9 Å². The van der Waals surface area contributed by atoms with Crippen LogP contribution in [0.1, 0.15) is 23.6 Å². The number of benzene rings is 2. The number of fused-ring (bicyclic) bond motifs is 1. The average molecular weight is 487 g/mol. The number of urea groups is 1. The zero-order chi connectivity index (χ0) is 22.4. The van der Waals surface area contributed by atoms with E-state index in [9.17, 15) is 14.4 Å². The van der Waals surface area contributed by atoms with E-state index in [2.05, 4.69) is 31.5 Å². The van der Waals surface area contributed by atoms with Gasteiger partial charge in [0.25, 0.3) is 0 Å². The van der Waals surface area contributed by atoms with E-state index in [-0.39, 0.29) is 12.8 Å².